The molecule has 3 nitrogen and oxygen atoms in total. The van der Waals surface area contributed by atoms with Gasteiger partial charge >= 0.3 is 0 Å². The fourth-order valence-electron chi connectivity index (χ4n) is 4.30. The second-order valence-electron chi connectivity index (χ2n) is 7.09. The molecular weight excluding hydrogens is 350 g/mol. The summed E-state index contributed by atoms with van der Waals surface area (Å²) in [5, 5.41) is 0.368. The molecule has 2 unspecified atom stereocenters. The van der Waals surface area contributed by atoms with E-state index in [4.69, 9.17) is 17.3 Å². The van der Waals surface area contributed by atoms with Gasteiger partial charge in [-0.2, -0.15) is 0 Å². The third kappa shape index (κ3) is 3.87. The summed E-state index contributed by atoms with van der Waals surface area (Å²) in [4.78, 5) is 14.4. The maximum atomic E-state index is 13.9. The van der Waals surface area contributed by atoms with Crippen LogP contribution in [0.5, 0.6) is 0 Å². The van der Waals surface area contributed by atoms with Crippen LogP contribution in [0.1, 0.15) is 37.7 Å². The molecule has 1 aromatic rings. The minimum Gasteiger partial charge on any atom is -0.341 e. The molecule has 24 heavy (non-hydrogen) atoms. The average Bonchev–Trinajstić information content (AvgIpc) is 2.50. The van der Waals surface area contributed by atoms with Crippen molar-refractivity contribution in [3.8, 4) is 0 Å². The number of carbonyl (C=O) groups excluding carboxylic acids is 1. The van der Waals surface area contributed by atoms with Gasteiger partial charge in [0, 0.05) is 36.1 Å². The number of nitrogens with zero attached hydrogens (tertiary/aromatic N) is 1. The number of amides is 1. The fraction of sp³-hybridized carbons (Fsp3) is 0.611. The zero-order valence-electron chi connectivity index (χ0n) is 13.9. The number of benzene rings is 1. The molecule has 3 rings (SSSR count). The molecule has 2 atom stereocenters. The van der Waals surface area contributed by atoms with E-state index in [-0.39, 0.29) is 42.6 Å². The summed E-state index contributed by atoms with van der Waals surface area (Å²) in [6, 6.07) is 4.86. The first-order valence-electron chi connectivity index (χ1n) is 8.40. The van der Waals surface area contributed by atoms with Crippen molar-refractivity contribution in [2.24, 2.45) is 23.5 Å². The first kappa shape index (κ1) is 19.5. The summed E-state index contributed by atoms with van der Waals surface area (Å²) < 4.78 is 13.9. The molecule has 0 saturated heterocycles. The lowest BCUT2D eigenvalue weighted by molar-refractivity contribution is -0.137. The average molecular weight is 375 g/mol. The molecule has 6 heteroatoms. The summed E-state index contributed by atoms with van der Waals surface area (Å²) in [6.45, 7) is 0.211. The minimum absolute atomic E-state index is 0. The molecule has 2 aliphatic carbocycles. The fourth-order valence-corrected chi connectivity index (χ4v) is 4.52. The summed E-state index contributed by atoms with van der Waals surface area (Å²) >= 11 is 6.07. The monoisotopic (exact) mass is 374 g/mol. The third-order valence-corrected chi connectivity index (χ3v) is 5.95. The minimum atomic E-state index is -0.361. The van der Waals surface area contributed by atoms with Crippen molar-refractivity contribution in [2.45, 2.75) is 44.7 Å². The SMILES string of the molecule is CN(Cc1c(F)cccc1Cl)C(=O)C1CC2CCCC(C1)C2N.Cl. The first-order chi connectivity index (χ1) is 11.0. The lowest BCUT2D eigenvalue weighted by Gasteiger charge is -2.44. The number of nitrogens with two attached hydrogens (primary N) is 1. The van der Waals surface area contributed by atoms with Gasteiger partial charge in [-0.25, -0.2) is 4.39 Å². The predicted octanol–water partition coefficient (Wildman–Crippen LogP) is 4.01. The summed E-state index contributed by atoms with van der Waals surface area (Å²) in [6.07, 6.45) is 5.22. The molecule has 0 spiro atoms. The Kier molecular flexibility index (Phi) is 6.52. The van der Waals surface area contributed by atoms with Crippen molar-refractivity contribution in [1.82, 2.24) is 4.90 Å². The van der Waals surface area contributed by atoms with Crippen LogP contribution in [0.2, 0.25) is 5.02 Å². The summed E-state index contributed by atoms with van der Waals surface area (Å²) in [7, 11) is 1.73. The number of carbonyl (C=O) groups is 1. The Morgan fingerprint density at radius 2 is 1.96 bits per heavy atom. The molecule has 134 valence electrons. The topological polar surface area (TPSA) is 46.3 Å². The van der Waals surface area contributed by atoms with E-state index in [1.165, 1.54) is 12.5 Å². The van der Waals surface area contributed by atoms with Gasteiger partial charge < -0.3 is 10.6 Å². The van der Waals surface area contributed by atoms with Crippen molar-refractivity contribution < 1.29 is 9.18 Å². The lowest BCUT2D eigenvalue weighted by atomic mass is 9.65. The van der Waals surface area contributed by atoms with Crippen molar-refractivity contribution in [2.75, 3.05) is 7.05 Å². The van der Waals surface area contributed by atoms with E-state index in [0.717, 1.165) is 25.7 Å². The molecule has 0 radical (unpaired) electrons. The van der Waals surface area contributed by atoms with Crippen molar-refractivity contribution in [3.05, 3.63) is 34.6 Å². The Balaban J connectivity index is 0.00000208. The van der Waals surface area contributed by atoms with Crippen LogP contribution in [0.3, 0.4) is 0 Å². The molecule has 2 aliphatic rings. The zero-order chi connectivity index (χ0) is 16.6. The highest BCUT2D eigenvalue weighted by Crippen LogP contribution is 2.42. The van der Waals surface area contributed by atoms with Gasteiger partial charge in [0.1, 0.15) is 5.82 Å². The third-order valence-electron chi connectivity index (χ3n) is 5.60. The molecule has 0 aliphatic heterocycles. The van der Waals surface area contributed by atoms with E-state index >= 15 is 0 Å². The van der Waals surface area contributed by atoms with Crippen LogP contribution >= 0.6 is 24.0 Å². The highest BCUT2D eigenvalue weighted by molar-refractivity contribution is 6.31. The lowest BCUT2D eigenvalue weighted by Crippen LogP contribution is -2.49. The van der Waals surface area contributed by atoms with Gasteiger partial charge in [-0.05, 0) is 49.7 Å². The van der Waals surface area contributed by atoms with Crippen LogP contribution < -0.4 is 5.73 Å². The molecular formula is C18H25Cl2FN2O. The van der Waals surface area contributed by atoms with Crippen LogP contribution in [0.15, 0.2) is 18.2 Å². The van der Waals surface area contributed by atoms with Gasteiger partial charge in [0.2, 0.25) is 5.91 Å². The van der Waals surface area contributed by atoms with E-state index < -0.39 is 0 Å². The zero-order valence-corrected chi connectivity index (χ0v) is 15.5. The second-order valence-corrected chi connectivity index (χ2v) is 7.50. The van der Waals surface area contributed by atoms with Crippen molar-refractivity contribution in [3.63, 3.8) is 0 Å². The number of hydrogen-bond acceptors (Lipinski definition) is 2. The van der Waals surface area contributed by atoms with E-state index in [1.54, 1.807) is 24.1 Å². The number of hydrogen-bond donors (Lipinski definition) is 1. The Bertz CT molecular complexity index is 564. The predicted molar refractivity (Wildman–Crippen MR) is 96.7 cm³/mol. The van der Waals surface area contributed by atoms with Gasteiger partial charge in [0.05, 0.1) is 0 Å². The largest absolute Gasteiger partial charge is 0.341 e. The smallest absolute Gasteiger partial charge is 0.225 e. The first-order valence-corrected chi connectivity index (χ1v) is 8.78. The number of fused-ring (bicyclic) bond motifs is 2. The van der Waals surface area contributed by atoms with Crippen LogP contribution in [0, 0.1) is 23.6 Å². The van der Waals surface area contributed by atoms with E-state index in [0.29, 0.717) is 22.4 Å². The van der Waals surface area contributed by atoms with Gasteiger partial charge in [0.15, 0.2) is 0 Å². The molecule has 1 amide bonds. The Morgan fingerprint density at radius 3 is 2.54 bits per heavy atom. The Labute approximate surface area is 154 Å². The van der Waals surface area contributed by atoms with Crippen LogP contribution in [-0.4, -0.2) is 23.9 Å². The van der Waals surface area contributed by atoms with Crippen LogP contribution in [-0.2, 0) is 11.3 Å². The molecule has 2 bridgehead atoms. The maximum Gasteiger partial charge on any atom is 0.225 e. The molecule has 2 saturated carbocycles. The quantitative estimate of drug-likeness (QED) is 0.868. The van der Waals surface area contributed by atoms with Gasteiger partial charge in [-0.1, -0.05) is 24.1 Å². The van der Waals surface area contributed by atoms with Gasteiger partial charge in [-0.15, -0.1) is 12.4 Å². The summed E-state index contributed by atoms with van der Waals surface area (Å²) in [5.41, 5.74) is 6.68. The molecule has 0 aromatic heterocycles. The van der Waals surface area contributed by atoms with Crippen LogP contribution in [0.25, 0.3) is 0 Å². The molecule has 2 fully saturated rings. The van der Waals surface area contributed by atoms with Gasteiger partial charge in [-0.3, -0.25) is 4.79 Å². The van der Waals surface area contributed by atoms with Crippen LogP contribution in [0.4, 0.5) is 4.39 Å². The molecule has 2 N–H and O–H groups in total. The highest BCUT2D eigenvalue weighted by Gasteiger charge is 2.41. The van der Waals surface area contributed by atoms with Gasteiger partial charge in [0.25, 0.3) is 0 Å². The normalized spacial score (nSPS) is 28.8. The molecule has 1 aromatic carbocycles. The Hall–Kier alpha value is -0.840. The second kappa shape index (κ2) is 8.03. The van der Waals surface area contributed by atoms with Crippen molar-refractivity contribution >= 4 is 29.9 Å². The van der Waals surface area contributed by atoms with E-state index in [9.17, 15) is 9.18 Å². The number of halogens is 3. The maximum absolute atomic E-state index is 13.9. The number of rotatable bonds is 3. The summed E-state index contributed by atoms with van der Waals surface area (Å²) in [5.74, 6) is 0.664. The highest BCUT2D eigenvalue weighted by atomic mass is 35.5. The standard InChI is InChI=1S/C18H24ClFN2O.ClH/c1-22(10-14-15(19)6-3-7-16(14)20)18(23)13-8-11-4-2-5-12(9-13)17(11)21;/h3,6-7,11-13,17H,2,4-5,8-10,21H2,1H3;1H. The Morgan fingerprint density at radius 1 is 1.33 bits per heavy atom. The van der Waals surface area contributed by atoms with Crippen molar-refractivity contribution in [1.29, 1.82) is 0 Å². The molecule has 0 heterocycles. The van der Waals surface area contributed by atoms with E-state index in [2.05, 4.69) is 0 Å². The van der Waals surface area contributed by atoms with E-state index in [1.807, 2.05) is 0 Å².